The Kier molecular flexibility index (Phi) is 4.10. The van der Waals surface area contributed by atoms with Crippen LogP contribution in [-0.2, 0) is 4.74 Å². The molecule has 19 heavy (non-hydrogen) atoms. The quantitative estimate of drug-likeness (QED) is 0.905. The molecule has 1 N–H and O–H groups in total. The molecule has 1 aliphatic heterocycles. The number of morpholine rings is 1. The smallest absolute Gasteiger partial charge is 0.336 e. The van der Waals surface area contributed by atoms with Crippen LogP contribution in [0.3, 0.4) is 0 Å². The number of halogens is 2. The Hall–Kier alpha value is -1.14. The molecule has 0 aromatic heterocycles. The van der Waals surface area contributed by atoms with Gasteiger partial charge in [-0.25, -0.2) is 9.18 Å². The van der Waals surface area contributed by atoms with E-state index in [1.165, 1.54) is 12.1 Å². The molecule has 0 aliphatic carbocycles. The average molecular weight is 332 g/mol. The second kappa shape index (κ2) is 5.46. The maximum atomic E-state index is 14.3. The van der Waals surface area contributed by atoms with Gasteiger partial charge in [-0.1, -0.05) is 0 Å². The monoisotopic (exact) mass is 331 g/mol. The molecule has 1 saturated heterocycles. The van der Waals surface area contributed by atoms with Gasteiger partial charge in [0.15, 0.2) is 5.82 Å². The first-order valence-corrected chi connectivity index (χ1v) is 6.81. The number of carboxylic acids is 1. The first-order chi connectivity index (χ1) is 8.90. The highest BCUT2D eigenvalue weighted by Gasteiger charge is 2.26. The fraction of sp³-hybridized carbons (Fsp3) is 0.462. The molecule has 0 radical (unpaired) electrons. The Morgan fingerprint density at radius 2 is 2.00 bits per heavy atom. The lowest BCUT2D eigenvalue weighted by atomic mass is 10.1. The molecule has 1 aromatic carbocycles. The Morgan fingerprint density at radius 3 is 2.53 bits per heavy atom. The van der Waals surface area contributed by atoms with Crippen LogP contribution in [0, 0.1) is 5.82 Å². The van der Waals surface area contributed by atoms with E-state index in [1.807, 2.05) is 18.7 Å². The fourth-order valence-corrected chi connectivity index (χ4v) is 2.83. The minimum atomic E-state index is -1.15. The number of hydrogen-bond donors (Lipinski definition) is 1. The van der Waals surface area contributed by atoms with Crippen molar-refractivity contribution in [1.29, 1.82) is 0 Å². The van der Waals surface area contributed by atoms with E-state index in [0.717, 1.165) is 0 Å². The summed E-state index contributed by atoms with van der Waals surface area (Å²) in [6.07, 6.45) is 0.0298. The summed E-state index contributed by atoms with van der Waals surface area (Å²) in [4.78, 5) is 12.8. The molecule has 0 unspecified atom stereocenters. The number of hydrogen-bond acceptors (Lipinski definition) is 3. The number of rotatable bonds is 2. The zero-order valence-corrected chi connectivity index (χ0v) is 12.3. The molecule has 1 heterocycles. The molecule has 1 aromatic rings. The average Bonchev–Trinajstić information content (AvgIpc) is 2.30. The summed E-state index contributed by atoms with van der Waals surface area (Å²) in [6.45, 7) is 5.03. The molecule has 1 aliphatic rings. The minimum absolute atomic E-state index is 0.00991. The second-order valence-electron chi connectivity index (χ2n) is 4.73. The van der Waals surface area contributed by atoms with E-state index in [1.54, 1.807) is 0 Å². The van der Waals surface area contributed by atoms with Crippen LogP contribution in [0.1, 0.15) is 24.2 Å². The Labute approximate surface area is 119 Å². The standard InChI is InChI=1S/C13H15BrFNO3/c1-7-5-16(6-8(2)19-7)10-4-3-9(13(17)18)11(14)12(10)15/h3-4,7-8H,5-6H2,1-2H3,(H,17,18)/t7-,8+. The van der Waals surface area contributed by atoms with Gasteiger partial charge in [-0.15, -0.1) is 0 Å². The molecule has 0 saturated carbocycles. The van der Waals surface area contributed by atoms with Gasteiger partial charge in [0.05, 0.1) is 27.9 Å². The highest BCUT2D eigenvalue weighted by molar-refractivity contribution is 9.10. The van der Waals surface area contributed by atoms with Crippen LogP contribution in [0.5, 0.6) is 0 Å². The zero-order chi connectivity index (χ0) is 14.2. The second-order valence-corrected chi connectivity index (χ2v) is 5.52. The molecular formula is C13H15BrFNO3. The van der Waals surface area contributed by atoms with E-state index in [9.17, 15) is 9.18 Å². The van der Waals surface area contributed by atoms with E-state index >= 15 is 0 Å². The number of nitrogens with zero attached hydrogens (tertiary/aromatic N) is 1. The summed E-state index contributed by atoms with van der Waals surface area (Å²) < 4.78 is 19.9. The van der Waals surface area contributed by atoms with E-state index in [2.05, 4.69) is 15.9 Å². The highest BCUT2D eigenvalue weighted by atomic mass is 79.9. The van der Waals surface area contributed by atoms with Crippen LogP contribution in [0.25, 0.3) is 0 Å². The third kappa shape index (κ3) is 2.90. The summed E-state index contributed by atoms with van der Waals surface area (Å²) in [5.74, 6) is -1.69. The van der Waals surface area contributed by atoms with Crippen molar-refractivity contribution in [1.82, 2.24) is 0 Å². The predicted molar refractivity (Wildman–Crippen MR) is 73.3 cm³/mol. The van der Waals surface area contributed by atoms with Crippen LogP contribution < -0.4 is 4.90 Å². The topological polar surface area (TPSA) is 49.8 Å². The van der Waals surface area contributed by atoms with Gasteiger partial charge in [-0.2, -0.15) is 0 Å². The van der Waals surface area contributed by atoms with Crippen molar-refractivity contribution < 1.29 is 19.0 Å². The predicted octanol–water partition coefficient (Wildman–Crippen LogP) is 2.90. The number of carboxylic acid groups (broad SMARTS) is 1. The van der Waals surface area contributed by atoms with Crippen LogP contribution in [0.4, 0.5) is 10.1 Å². The Morgan fingerprint density at radius 1 is 1.42 bits per heavy atom. The van der Waals surface area contributed by atoms with Gasteiger partial charge in [0.25, 0.3) is 0 Å². The summed E-state index contributed by atoms with van der Waals surface area (Å²) in [7, 11) is 0. The number of aromatic carboxylic acids is 1. The molecule has 2 atom stereocenters. The van der Waals surface area contributed by atoms with Gasteiger partial charge in [0, 0.05) is 13.1 Å². The molecule has 0 spiro atoms. The number of anilines is 1. The molecule has 0 amide bonds. The molecule has 0 bridgehead atoms. The first kappa shape index (κ1) is 14.3. The van der Waals surface area contributed by atoms with Crippen LogP contribution in [-0.4, -0.2) is 36.4 Å². The zero-order valence-electron chi connectivity index (χ0n) is 10.7. The molecule has 4 nitrogen and oxygen atoms in total. The van der Waals surface area contributed by atoms with Crippen LogP contribution >= 0.6 is 15.9 Å². The summed E-state index contributed by atoms with van der Waals surface area (Å²) >= 11 is 3.01. The first-order valence-electron chi connectivity index (χ1n) is 6.02. The number of benzene rings is 1. The number of carbonyl (C=O) groups is 1. The molecular weight excluding hydrogens is 317 g/mol. The maximum absolute atomic E-state index is 14.3. The largest absolute Gasteiger partial charge is 0.478 e. The molecule has 104 valence electrons. The summed E-state index contributed by atoms with van der Waals surface area (Å²) in [5.41, 5.74) is 0.328. The lowest BCUT2D eigenvalue weighted by Gasteiger charge is -2.37. The van der Waals surface area contributed by atoms with Gasteiger partial charge >= 0.3 is 5.97 Å². The molecule has 2 rings (SSSR count). The van der Waals surface area contributed by atoms with Crippen molar-refractivity contribution in [3.8, 4) is 0 Å². The summed E-state index contributed by atoms with van der Waals surface area (Å²) in [5, 5.41) is 8.95. The van der Waals surface area contributed by atoms with Gasteiger partial charge in [-0.3, -0.25) is 0 Å². The van der Waals surface area contributed by atoms with Crippen LogP contribution in [0.15, 0.2) is 16.6 Å². The molecule has 1 fully saturated rings. The minimum Gasteiger partial charge on any atom is -0.478 e. The van der Waals surface area contributed by atoms with Crippen molar-refractivity contribution in [3.05, 3.63) is 28.0 Å². The van der Waals surface area contributed by atoms with E-state index in [0.29, 0.717) is 18.8 Å². The van der Waals surface area contributed by atoms with Crippen molar-refractivity contribution in [2.24, 2.45) is 0 Å². The lowest BCUT2D eigenvalue weighted by Crippen LogP contribution is -2.45. The van der Waals surface area contributed by atoms with E-state index in [-0.39, 0.29) is 22.2 Å². The van der Waals surface area contributed by atoms with Gasteiger partial charge in [0.1, 0.15) is 0 Å². The SMILES string of the molecule is C[C@@H]1CN(c2ccc(C(=O)O)c(Br)c2F)C[C@H](C)O1. The third-order valence-electron chi connectivity index (χ3n) is 3.05. The van der Waals surface area contributed by atoms with Crippen molar-refractivity contribution in [2.45, 2.75) is 26.1 Å². The van der Waals surface area contributed by atoms with Crippen molar-refractivity contribution in [3.63, 3.8) is 0 Å². The maximum Gasteiger partial charge on any atom is 0.336 e. The normalized spacial score (nSPS) is 23.5. The van der Waals surface area contributed by atoms with E-state index < -0.39 is 11.8 Å². The van der Waals surface area contributed by atoms with Crippen molar-refractivity contribution in [2.75, 3.05) is 18.0 Å². The van der Waals surface area contributed by atoms with Gasteiger partial charge < -0.3 is 14.7 Å². The van der Waals surface area contributed by atoms with Crippen molar-refractivity contribution >= 4 is 27.6 Å². The third-order valence-corrected chi connectivity index (χ3v) is 3.83. The Balaban J connectivity index is 2.35. The summed E-state index contributed by atoms with van der Waals surface area (Å²) in [6, 6.07) is 2.92. The van der Waals surface area contributed by atoms with Crippen LogP contribution in [0.2, 0.25) is 0 Å². The van der Waals surface area contributed by atoms with Gasteiger partial charge in [0.2, 0.25) is 0 Å². The highest BCUT2D eigenvalue weighted by Crippen LogP contribution is 2.31. The van der Waals surface area contributed by atoms with E-state index in [4.69, 9.17) is 9.84 Å². The fourth-order valence-electron chi connectivity index (χ4n) is 2.32. The lowest BCUT2D eigenvalue weighted by molar-refractivity contribution is -0.00541. The molecule has 6 heteroatoms. The number of ether oxygens (including phenoxy) is 1. The Bertz CT molecular complexity index is 499. The van der Waals surface area contributed by atoms with Gasteiger partial charge in [-0.05, 0) is 41.9 Å².